The first kappa shape index (κ1) is 15.5. The van der Waals surface area contributed by atoms with E-state index in [2.05, 4.69) is 12.2 Å². The average Bonchev–Trinajstić information content (AvgIpc) is 2.37. The Labute approximate surface area is 114 Å². The number of aromatic carboxylic acids is 1. The fourth-order valence-electron chi connectivity index (χ4n) is 1.77. The van der Waals surface area contributed by atoms with E-state index in [9.17, 15) is 4.79 Å². The highest BCUT2D eigenvalue weighted by Gasteiger charge is 2.06. The van der Waals surface area contributed by atoms with E-state index in [0.717, 1.165) is 50.3 Å². The standard InChI is InChI=1S/C15H23NO3/c1-3-4-9-19-10-5-8-16-13-6-7-14(15(17)18)12(2)11-13/h6-7,11,16H,3-5,8-10H2,1-2H3,(H,17,18). The van der Waals surface area contributed by atoms with Crippen LogP contribution >= 0.6 is 0 Å². The van der Waals surface area contributed by atoms with Crippen LogP contribution in [0.1, 0.15) is 42.1 Å². The highest BCUT2D eigenvalue weighted by Crippen LogP contribution is 2.15. The Bertz CT molecular complexity index is 404. The van der Waals surface area contributed by atoms with Crippen molar-refractivity contribution in [3.63, 3.8) is 0 Å². The van der Waals surface area contributed by atoms with E-state index in [1.807, 2.05) is 13.0 Å². The zero-order valence-electron chi connectivity index (χ0n) is 11.7. The molecule has 0 saturated heterocycles. The van der Waals surface area contributed by atoms with Gasteiger partial charge in [-0.25, -0.2) is 4.79 Å². The lowest BCUT2D eigenvalue weighted by Gasteiger charge is -2.09. The fourth-order valence-corrected chi connectivity index (χ4v) is 1.77. The van der Waals surface area contributed by atoms with Crippen LogP contribution in [-0.2, 0) is 4.74 Å². The predicted octanol–water partition coefficient (Wildman–Crippen LogP) is 3.31. The molecule has 0 atom stereocenters. The van der Waals surface area contributed by atoms with Crippen LogP contribution in [0.25, 0.3) is 0 Å². The van der Waals surface area contributed by atoms with Gasteiger partial charge in [0.15, 0.2) is 0 Å². The number of aryl methyl sites for hydroxylation is 1. The summed E-state index contributed by atoms with van der Waals surface area (Å²) in [5, 5.41) is 12.2. The Morgan fingerprint density at radius 1 is 1.32 bits per heavy atom. The highest BCUT2D eigenvalue weighted by atomic mass is 16.5. The van der Waals surface area contributed by atoms with Gasteiger partial charge < -0.3 is 15.2 Å². The Hall–Kier alpha value is -1.55. The maximum Gasteiger partial charge on any atom is 0.335 e. The monoisotopic (exact) mass is 265 g/mol. The average molecular weight is 265 g/mol. The molecule has 1 rings (SSSR count). The second kappa shape index (κ2) is 8.53. The van der Waals surface area contributed by atoms with Crippen molar-refractivity contribution in [3.8, 4) is 0 Å². The minimum absolute atomic E-state index is 0.355. The van der Waals surface area contributed by atoms with E-state index in [1.54, 1.807) is 12.1 Å². The van der Waals surface area contributed by atoms with Gasteiger partial charge in [0.1, 0.15) is 0 Å². The Morgan fingerprint density at radius 2 is 2.05 bits per heavy atom. The molecule has 0 aliphatic rings. The number of ether oxygens (including phenoxy) is 1. The number of anilines is 1. The van der Waals surface area contributed by atoms with Crippen molar-refractivity contribution in [2.75, 3.05) is 25.1 Å². The number of rotatable bonds is 9. The Balaban J connectivity index is 2.26. The largest absolute Gasteiger partial charge is 0.478 e. The SMILES string of the molecule is CCCCOCCCNc1ccc(C(=O)O)c(C)c1. The van der Waals surface area contributed by atoms with Crippen LogP contribution in [0.2, 0.25) is 0 Å². The number of carboxylic acids is 1. The van der Waals surface area contributed by atoms with E-state index in [4.69, 9.17) is 9.84 Å². The summed E-state index contributed by atoms with van der Waals surface area (Å²) in [6.45, 7) is 6.39. The number of benzene rings is 1. The van der Waals surface area contributed by atoms with Crippen molar-refractivity contribution < 1.29 is 14.6 Å². The van der Waals surface area contributed by atoms with Crippen molar-refractivity contribution in [2.45, 2.75) is 33.1 Å². The van der Waals surface area contributed by atoms with Gasteiger partial charge in [-0.15, -0.1) is 0 Å². The van der Waals surface area contributed by atoms with Crippen molar-refractivity contribution in [3.05, 3.63) is 29.3 Å². The molecule has 1 aromatic rings. The summed E-state index contributed by atoms with van der Waals surface area (Å²) in [4.78, 5) is 10.9. The topological polar surface area (TPSA) is 58.6 Å². The van der Waals surface area contributed by atoms with Crippen LogP contribution in [-0.4, -0.2) is 30.8 Å². The zero-order chi connectivity index (χ0) is 14.1. The Kier molecular flexibility index (Phi) is 6.97. The smallest absolute Gasteiger partial charge is 0.335 e. The van der Waals surface area contributed by atoms with Gasteiger partial charge in [0.2, 0.25) is 0 Å². The first-order chi connectivity index (χ1) is 9.15. The van der Waals surface area contributed by atoms with Crippen LogP contribution in [0.4, 0.5) is 5.69 Å². The van der Waals surface area contributed by atoms with Crippen molar-refractivity contribution in [1.29, 1.82) is 0 Å². The number of unbranched alkanes of at least 4 members (excludes halogenated alkanes) is 1. The maximum atomic E-state index is 10.9. The number of carbonyl (C=O) groups is 1. The number of hydrogen-bond acceptors (Lipinski definition) is 3. The van der Waals surface area contributed by atoms with Crippen LogP contribution in [0.15, 0.2) is 18.2 Å². The van der Waals surface area contributed by atoms with E-state index in [-0.39, 0.29) is 0 Å². The molecular formula is C15H23NO3. The van der Waals surface area contributed by atoms with Crippen LogP contribution < -0.4 is 5.32 Å². The van der Waals surface area contributed by atoms with Gasteiger partial charge in [-0.3, -0.25) is 0 Å². The lowest BCUT2D eigenvalue weighted by atomic mass is 10.1. The van der Waals surface area contributed by atoms with Gasteiger partial charge in [0, 0.05) is 25.4 Å². The van der Waals surface area contributed by atoms with E-state index in [1.165, 1.54) is 0 Å². The third kappa shape index (κ3) is 5.75. The van der Waals surface area contributed by atoms with Crippen LogP contribution in [0, 0.1) is 6.92 Å². The van der Waals surface area contributed by atoms with E-state index >= 15 is 0 Å². The molecule has 0 spiro atoms. The number of carboxylic acid groups (broad SMARTS) is 1. The lowest BCUT2D eigenvalue weighted by molar-refractivity contribution is 0.0696. The molecule has 0 unspecified atom stereocenters. The maximum absolute atomic E-state index is 10.9. The van der Waals surface area contributed by atoms with E-state index in [0.29, 0.717) is 5.56 Å². The third-order valence-electron chi connectivity index (χ3n) is 2.89. The third-order valence-corrected chi connectivity index (χ3v) is 2.89. The lowest BCUT2D eigenvalue weighted by Crippen LogP contribution is -2.07. The minimum atomic E-state index is -0.881. The Morgan fingerprint density at radius 3 is 2.68 bits per heavy atom. The van der Waals surface area contributed by atoms with Gasteiger partial charge >= 0.3 is 5.97 Å². The molecule has 2 N–H and O–H groups in total. The van der Waals surface area contributed by atoms with Crippen molar-refractivity contribution in [2.24, 2.45) is 0 Å². The highest BCUT2D eigenvalue weighted by molar-refractivity contribution is 5.89. The molecule has 0 fully saturated rings. The minimum Gasteiger partial charge on any atom is -0.478 e. The zero-order valence-corrected chi connectivity index (χ0v) is 11.7. The summed E-state index contributed by atoms with van der Waals surface area (Å²) in [6, 6.07) is 5.30. The molecule has 4 nitrogen and oxygen atoms in total. The molecule has 1 aromatic carbocycles. The fraction of sp³-hybridized carbons (Fsp3) is 0.533. The van der Waals surface area contributed by atoms with Gasteiger partial charge in [0.25, 0.3) is 0 Å². The summed E-state index contributed by atoms with van der Waals surface area (Å²) in [6.07, 6.45) is 3.22. The molecule has 0 amide bonds. The summed E-state index contributed by atoms with van der Waals surface area (Å²) >= 11 is 0. The molecule has 0 bridgehead atoms. The quantitative estimate of drug-likeness (QED) is 0.672. The molecule has 0 aliphatic heterocycles. The molecule has 106 valence electrons. The summed E-state index contributed by atoms with van der Waals surface area (Å²) in [5.74, 6) is -0.881. The first-order valence-corrected chi connectivity index (χ1v) is 6.80. The molecule has 0 heterocycles. The second-order valence-corrected chi connectivity index (χ2v) is 4.58. The number of nitrogens with one attached hydrogen (secondary N) is 1. The normalized spacial score (nSPS) is 10.4. The van der Waals surface area contributed by atoms with Crippen LogP contribution in [0.5, 0.6) is 0 Å². The summed E-state index contributed by atoms with van der Waals surface area (Å²) < 4.78 is 5.47. The van der Waals surface area contributed by atoms with Crippen LogP contribution in [0.3, 0.4) is 0 Å². The molecule has 0 radical (unpaired) electrons. The summed E-state index contributed by atoms with van der Waals surface area (Å²) in [5.41, 5.74) is 2.08. The number of hydrogen-bond donors (Lipinski definition) is 2. The predicted molar refractivity (Wildman–Crippen MR) is 77.0 cm³/mol. The van der Waals surface area contributed by atoms with Gasteiger partial charge in [0.05, 0.1) is 5.56 Å². The molecule has 0 aliphatic carbocycles. The summed E-state index contributed by atoms with van der Waals surface area (Å²) in [7, 11) is 0. The molecular weight excluding hydrogens is 242 g/mol. The first-order valence-electron chi connectivity index (χ1n) is 6.80. The molecule has 0 saturated carbocycles. The van der Waals surface area contributed by atoms with Gasteiger partial charge in [-0.1, -0.05) is 13.3 Å². The van der Waals surface area contributed by atoms with Crippen molar-refractivity contribution >= 4 is 11.7 Å². The van der Waals surface area contributed by atoms with Crippen molar-refractivity contribution in [1.82, 2.24) is 0 Å². The second-order valence-electron chi connectivity index (χ2n) is 4.58. The molecule has 19 heavy (non-hydrogen) atoms. The molecule has 0 aromatic heterocycles. The molecule has 4 heteroatoms. The van der Waals surface area contributed by atoms with E-state index < -0.39 is 5.97 Å². The van der Waals surface area contributed by atoms with Gasteiger partial charge in [-0.2, -0.15) is 0 Å². The van der Waals surface area contributed by atoms with Gasteiger partial charge in [-0.05, 0) is 43.5 Å².